The van der Waals surface area contributed by atoms with E-state index in [4.69, 9.17) is 4.74 Å². The van der Waals surface area contributed by atoms with E-state index in [1.165, 1.54) is 4.90 Å². The predicted octanol–water partition coefficient (Wildman–Crippen LogP) is 7.02. The highest BCUT2D eigenvalue weighted by atomic mass is 79.9. The van der Waals surface area contributed by atoms with Crippen LogP contribution in [0.5, 0.6) is 5.75 Å². The van der Waals surface area contributed by atoms with E-state index in [0.717, 1.165) is 56.7 Å². The molecule has 4 nitrogen and oxygen atoms in total. The second kappa shape index (κ2) is 9.71. The molecule has 1 saturated heterocycles. The van der Waals surface area contributed by atoms with Crippen LogP contribution in [0, 0.1) is 0 Å². The lowest BCUT2D eigenvalue weighted by atomic mass is 10.0. The van der Waals surface area contributed by atoms with Crippen LogP contribution in [0.15, 0.2) is 70.0 Å². The zero-order valence-corrected chi connectivity index (χ0v) is 19.5. The highest BCUT2D eigenvalue weighted by molar-refractivity contribution is 9.10. The van der Waals surface area contributed by atoms with Gasteiger partial charge in [-0.3, -0.25) is 14.5 Å². The van der Waals surface area contributed by atoms with E-state index in [9.17, 15) is 9.59 Å². The van der Waals surface area contributed by atoms with Crippen molar-refractivity contribution in [1.29, 1.82) is 0 Å². The van der Waals surface area contributed by atoms with E-state index in [1.54, 1.807) is 6.08 Å². The number of ether oxygens (including phenoxy) is 1. The summed E-state index contributed by atoms with van der Waals surface area (Å²) in [6.07, 6.45) is 3.79. The molecule has 0 unspecified atom stereocenters. The lowest BCUT2D eigenvalue weighted by molar-refractivity contribution is -0.123. The summed E-state index contributed by atoms with van der Waals surface area (Å²) in [5, 5.41) is 1.79. The molecule has 0 radical (unpaired) electrons. The predicted molar refractivity (Wildman–Crippen MR) is 130 cm³/mol. The average molecular weight is 496 g/mol. The Labute approximate surface area is 194 Å². The maximum Gasteiger partial charge on any atom is 0.293 e. The number of amides is 2. The molecule has 1 heterocycles. The fourth-order valence-corrected chi connectivity index (χ4v) is 4.67. The van der Waals surface area contributed by atoms with Gasteiger partial charge in [-0.25, -0.2) is 0 Å². The maximum atomic E-state index is 13.1. The average Bonchev–Trinajstić information content (AvgIpc) is 3.04. The molecule has 0 aromatic heterocycles. The second-order valence-corrected chi connectivity index (χ2v) is 9.11. The molecule has 3 aromatic carbocycles. The van der Waals surface area contributed by atoms with Crippen molar-refractivity contribution in [2.75, 3.05) is 6.61 Å². The summed E-state index contributed by atoms with van der Waals surface area (Å²) in [7, 11) is 0. The lowest BCUT2D eigenvalue weighted by Gasteiger charge is -2.14. The summed E-state index contributed by atoms with van der Waals surface area (Å²) in [5.41, 5.74) is 1.72. The minimum Gasteiger partial charge on any atom is -0.493 e. The molecule has 0 saturated carbocycles. The summed E-state index contributed by atoms with van der Waals surface area (Å²) in [6.45, 7) is 2.96. The zero-order chi connectivity index (χ0) is 21.8. The van der Waals surface area contributed by atoms with Crippen LogP contribution in [-0.4, -0.2) is 22.7 Å². The number of carbonyl (C=O) groups is 2. The maximum absolute atomic E-state index is 13.1. The molecule has 6 heteroatoms. The number of hydrogen-bond donors (Lipinski definition) is 0. The molecule has 1 fully saturated rings. The van der Waals surface area contributed by atoms with Crippen molar-refractivity contribution in [3.63, 3.8) is 0 Å². The van der Waals surface area contributed by atoms with Crippen LogP contribution in [0.3, 0.4) is 0 Å². The van der Waals surface area contributed by atoms with Crippen molar-refractivity contribution in [3.8, 4) is 5.75 Å². The van der Waals surface area contributed by atoms with Gasteiger partial charge in [-0.1, -0.05) is 77.8 Å². The summed E-state index contributed by atoms with van der Waals surface area (Å²) in [4.78, 5) is 27.4. The molecule has 4 rings (SSSR count). The van der Waals surface area contributed by atoms with E-state index >= 15 is 0 Å². The highest BCUT2D eigenvalue weighted by Crippen LogP contribution is 2.37. The molecule has 0 atom stereocenters. The van der Waals surface area contributed by atoms with E-state index in [2.05, 4.69) is 22.9 Å². The molecule has 0 N–H and O–H groups in total. The molecule has 0 bridgehead atoms. The number of fused-ring (bicyclic) bond motifs is 1. The van der Waals surface area contributed by atoms with Gasteiger partial charge in [0.1, 0.15) is 5.75 Å². The van der Waals surface area contributed by atoms with Gasteiger partial charge in [-0.2, -0.15) is 0 Å². The fraction of sp³-hybridized carbons (Fsp3) is 0.200. The second-order valence-electron chi connectivity index (χ2n) is 7.26. The van der Waals surface area contributed by atoms with Crippen LogP contribution < -0.4 is 4.74 Å². The van der Waals surface area contributed by atoms with Crippen LogP contribution in [-0.2, 0) is 11.3 Å². The number of imide groups is 1. The first-order valence-corrected chi connectivity index (χ1v) is 11.8. The first kappa shape index (κ1) is 21.7. The monoisotopic (exact) mass is 495 g/mol. The molecule has 0 aliphatic carbocycles. The first-order chi connectivity index (χ1) is 15.1. The minimum absolute atomic E-state index is 0.235. The van der Waals surface area contributed by atoms with E-state index < -0.39 is 0 Å². The summed E-state index contributed by atoms with van der Waals surface area (Å²) < 4.78 is 6.90. The van der Waals surface area contributed by atoms with Crippen LogP contribution in [0.1, 0.15) is 30.9 Å². The van der Waals surface area contributed by atoms with E-state index in [0.29, 0.717) is 11.5 Å². The van der Waals surface area contributed by atoms with Gasteiger partial charge in [0.05, 0.1) is 18.1 Å². The number of benzene rings is 3. The van der Waals surface area contributed by atoms with Crippen molar-refractivity contribution >= 4 is 55.7 Å². The smallest absolute Gasteiger partial charge is 0.293 e. The van der Waals surface area contributed by atoms with Gasteiger partial charge in [0.25, 0.3) is 11.1 Å². The van der Waals surface area contributed by atoms with Crippen LogP contribution in [0.2, 0.25) is 0 Å². The van der Waals surface area contributed by atoms with Gasteiger partial charge in [-0.05, 0) is 52.7 Å². The normalized spacial score (nSPS) is 15.3. The number of thioether (sulfide) groups is 1. The van der Waals surface area contributed by atoms with Crippen molar-refractivity contribution < 1.29 is 14.3 Å². The highest BCUT2D eigenvalue weighted by Gasteiger charge is 2.35. The number of rotatable bonds is 7. The third-order valence-electron chi connectivity index (χ3n) is 5.12. The topological polar surface area (TPSA) is 46.6 Å². The fourth-order valence-electron chi connectivity index (χ4n) is 3.44. The van der Waals surface area contributed by atoms with Gasteiger partial charge >= 0.3 is 0 Å². The Balaban J connectivity index is 1.69. The summed E-state index contributed by atoms with van der Waals surface area (Å²) in [6, 6.07) is 19.6. The molecule has 31 heavy (non-hydrogen) atoms. The largest absolute Gasteiger partial charge is 0.493 e. The summed E-state index contributed by atoms with van der Waals surface area (Å²) in [5.74, 6) is 0.447. The molecule has 2 amide bonds. The third-order valence-corrected chi connectivity index (χ3v) is 6.80. The van der Waals surface area contributed by atoms with Crippen molar-refractivity contribution in [3.05, 3.63) is 81.2 Å². The third kappa shape index (κ3) is 4.70. The summed E-state index contributed by atoms with van der Waals surface area (Å²) >= 11 is 4.47. The van der Waals surface area contributed by atoms with Crippen LogP contribution >= 0.6 is 27.7 Å². The van der Waals surface area contributed by atoms with Gasteiger partial charge in [0.2, 0.25) is 0 Å². The molecular formula is C25H22BrNO3S. The van der Waals surface area contributed by atoms with Gasteiger partial charge in [-0.15, -0.1) is 0 Å². The number of halogens is 1. The van der Waals surface area contributed by atoms with Gasteiger partial charge in [0.15, 0.2) is 0 Å². The molecule has 1 aliphatic heterocycles. The van der Waals surface area contributed by atoms with E-state index in [-0.39, 0.29) is 17.7 Å². The van der Waals surface area contributed by atoms with Crippen molar-refractivity contribution in [2.24, 2.45) is 0 Å². The van der Waals surface area contributed by atoms with Crippen LogP contribution in [0.4, 0.5) is 4.79 Å². The van der Waals surface area contributed by atoms with E-state index in [1.807, 2.05) is 60.7 Å². The Morgan fingerprint density at radius 3 is 2.61 bits per heavy atom. The van der Waals surface area contributed by atoms with Crippen LogP contribution in [0.25, 0.3) is 16.8 Å². The lowest BCUT2D eigenvalue weighted by Crippen LogP contribution is -2.27. The van der Waals surface area contributed by atoms with Crippen molar-refractivity contribution in [2.45, 2.75) is 26.3 Å². The quantitative estimate of drug-likeness (QED) is 0.261. The minimum atomic E-state index is -0.279. The zero-order valence-electron chi connectivity index (χ0n) is 17.1. The molecule has 158 valence electrons. The Hall–Kier alpha value is -2.57. The molecule has 1 aliphatic rings. The Morgan fingerprint density at radius 2 is 1.81 bits per heavy atom. The number of nitrogens with zero attached hydrogens (tertiary/aromatic N) is 1. The SMILES string of the molecule is CCCCOc1ccc2ccccc2c1/C=C1\SC(=O)N(Cc2ccccc2Br)C1=O. The number of carbonyl (C=O) groups excluding carboxylic acids is 2. The molecular weight excluding hydrogens is 474 g/mol. The number of unbranched alkanes of at least 4 members (excludes halogenated alkanes) is 1. The molecule has 0 spiro atoms. The first-order valence-electron chi connectivity index (χ1n) is 10.2. The van der Waals surface area contributed by atoms with Crippen molar-refractivity contribution in [1.82, 2.24) is 4.90 Å². The Bertz CT molecular complexity index is 1170. The Kier molecular flexibility index (Phi) is 6.78. The Morgan fingerprint density at radius 1 is 1.03 bits per heavy atom. The van der Waals surface area contributed by atoms with Gasteiger partial charge < -0.3 is 4.74 Å². The standard InChI is InChI=1S/C25H22BrNO3S/c1-2-3-14-30-22-13-12-17-8-4-6-10-19(17)20(22)15-23-24(28)27(25(29)31-23)16-18-9-5-7-11-21(18)26/h4-13,15H,2-3,14,16H2,1H3/b23-15-. The van der Waals surface area contributed by atoms with Gasteiger partial charge in [0, 0.05) is 10.0 Å². The molecule has 3 aromatic rings. The number of hydrogen-bond acceptors (Lipinski definition) is 4.